The van der Waals surface area contributed by atoms with Crippen molar-refractivity contribution < 1.29 is 0 Å². The number of hydrazine groups is 1. The van der Waals surface area contributed by atoms with E-state index in [9.17, 15) is 0 Å². The maximum absolute atomic E-state index is 6.29. The number of benzene rings is 2. The number of hydrogen-bond donors (Lipinski definition) is 1. The molecule has 0 aliphatic heterocycles. The third-order valence-corrected chi connectivity index (χ3v) is 4.13. The van der Waals surface area contributed by atoms with E-state index >= 15 is 0 Å². The van der Waals surface area contributed by atoms with E-state index in [2.05, 4.69) is 27.1 Å². The molecule has 0 aliphatic carbocycles. The Morgan fingerprint density at radius 1 is 0.577 bits per heavy atom. The molecular formula is C21H17N5. The Balaban J connectivity index is 1.55. The molecule has 126 valence electrons. The van der Waals surface area contributed by atoms with Crippen LogP contribution < -0.4 is 10.9 Å². The van der Waals surface area contributed by atoms with Crippen molar-refractivity contribution in [3.8, 4) is 22.5 Å². The molecule has 5 heteroatoms. The molecule has 4 aromatic rings. The van der Waals surface area contributed by atoms with E-state index < -0.39 is 0 Å². The predicted molar refractivity (Wildman–Crippen MR) is 103 cm³/mol. The van der Waals surface area contributed by atoms with E-state index in [1.807, 2.05) is 48.5 Å². The van der Waals surface area contributed by atoms with Crippen LogP contribution in [0.4, 0.5) is 11.4 Å². The molecule has 0 saturated carbocycles. The molecule has 0 atom stereocenters. The lowest BCUT2D eigenvalue weighted by molar-refractivity contribution is 1.09. The zero-order valence-electron chi connectivity index (χ0n) is 14.0. The number of nitrogens with zero attached hydrogens (tertiary/aromatic N) is 4. The van der Waals surface area contributed by atoms with Gasteiger partial charge in [-0.25, -0.2) is 15.8 Å². The lowest BCUT2D eigenvalue weighted by Crippen LogP contribution is -2.24. The Morgan fingerprint density at radius 3 is 1.65 bits per heavy atom. The molecule has 0 spiro atoms. The summed E-state index contributed by atoms with van der Waals surface area (Å²) in [5, 5.41) is 1.66. The van der Waals surface area contributed by atoms with E-state index in [4.69, 9.17) is 5.84 Å². The van der Waals surface area contributed by atoms with Gasteiger partial charge in [-0.2, -0.15) is 0 Å². The summed E-state index contributed by atoms with van der Waals surface area (Å²) < 4.78 is 0. The van der Waals surface area contributed by atoms with Crippen molar-refractivity contribution >= 4 is 11.4 Å². The molecule has 4 rings (SSSR count). The number of nitrogens with two attached hydrogens (primary N) is 1. The van der Waals surface area contributed by atoms with Gasteiger partial charge in [0.25, 0.3) is 0 Å². The predicted octanol–water partition coefficient (Wildman–Crippen LogP) is 4.22. The van der Waals surface area contributed by atoms with Gasteiger partial charge in [0.2, 0.25) is 0 Å². The van der Waals surface area contributed by atoms with Gasteiger partial charge in [0.15, 0.2) is 5.82 Å². The highest BCUT2D eigenvalue weighted by Crippen LogP contribution is 2.27. The van der Waals surface area contributed by atoms with Gasteiger partial charge in [-0.05, 0) is 65.7 Å². The Labute approximate surface area is 151 Å². The molecule has 0 saturated heterocycles. The molecule has 0 fully saturated rings. The van der Waals surface area contributed by atoms with Gasteiger partial charge in [-0.3, -0.25) is 9.99 Å². The molecule has 0 amide bonds. The van der Waals surface area contributed by atoms with Crippen molar-refractivity contribution in [2.45, 2.75) is 0 Å². The van der Waals surface area contributed by atoms with E-state index in [0.29, 0.717) is 5.82 Å². The van der Waals surface area contributed by atoms with Gasteiger partial charge in [-0.15, -0.1) is 0 Å². The minimum atomic E-state index is 0.698. The summed E-state index contributed by atoms with van der Waals surface area (Å²) in [6, 6.07) is 21.7. The average Bonchev–Trinajstić information content (AvgIpc) is 2.75. The van der Waals surface area contributed by atoms with Gasteiger partial charge >= 0.3 is 0 Å². The van der Waals surface area contributed by atoms with Gasteiger partial charge in [0, 0.05) is 30.4 Å². The summed E-state index contributed by atoms with van der Waals surface area (Å²) in [6.45, 7) is 0. The number of rotatable bonds is 4. The SMILES string of the molecule is NN(c1ccc(-c2ccncc2)cc1)c1ccc(-c2ncccn2)cc1. The highest BCUT2D eigenvalue weighted by molar-refractivity contribution is 5.70. The second kappa shape index (κ2) is 7.13. The zero-order chi connectivity index (χ0) is 17.8. The molecule has 0 radical (unpaired) electrons. The second-order valence-corrected chi connectivity index (χ2v) is 5.77. The smallest absolute Gasteiger partial charge is 0.159 e. The van der Waals surface area contributed by atoms with Crippen LogP contribution in [0.1, 0.15) is 0 Å². The van der Waals surface area contributed by atoms with Crippen molar-refractivity contribution in [2.24, 2.45) is 5.84 Å². The molecule has 2 heterocycles. The first kappa shape index (κ1) is 15.9. The molecule has 2 aromatic carbocycles. The molecular weight excluding hydrogens is 322 g/mol. The van der Waals surface area contributed by atoms with E-state index in [1.54, 1.807) is 35.9 Å². The molecule has 2 aromatic heterocycles. The summed E-state index contributed by atoms with van der Waals surface area (Å²) >= 11 is 0. The lowest BCUT2D eigenvalue weighted by atomic mass is 10.1. The van der Waals surface area contributed by atoms with Gasteiger partial charge in [-0.1, -0.05) is 12.1 Å². The van der Waals surface area contributed by atoms with Crippen LogP contribution in [0.5, 0.6) is 0 Å². The first-order valence-corrected chi connectivity index (χ1v) is 8.24. The molecule has 5 nitrogen and oxygen atoms in total. The fourth-order valence-corrected chi connectivity index (χ4v) is 2.73. The third-order valence-electron chi connectivity index (χ3n) is 4.13. The van der Waals surface area contributed by atoms with Gasteiger partial charge in [0.05, 0.1) is 11.4 Å². The van der Waals surface area contributed by atoms with Crippen LogP contribution in [0.3, 0.4) is 0 Å². The number of pyridine rings is 1. The fraction of sp³-hybridized carbons (Fsp3) is 0. The van der Waals surface area contributed by atoms with Crippen LogP contribution in [0.25, 0.3) is 22.5 Å². The normalized spacial score (nSPS) is 10.5. The topological polar surface area (TPSA) is 67.9 Å². The number of anilines is 2. The first-order chi connectivity index (χ1) is 12.8. The summed E-state index contributed by atoms with van der Waals surface area (Å²) in [7, 11) is 0. The van der Waals surface area contributed by atoms with Crippen molar-refractivity contribution in [2.75, 3.05) is 5.01 Å². The van der Waals surface area contributed by atoms with Gasteiger partial charge < -0.3 is 0 Å². The average molecular weight is 339 g/mol. The molecule has 0 bridgehead atoms. The summed E-state index contributed by atoms with van der Waals surface area (Å²) in [6.07, 6.45) is 7.04. The van der Waals surface area contributed by atoms with E-state index in [-0.39, 0.29) is 0 Å². The minimum absolute atomic E-state index is 0.698. The Bertz CT molecular complexity index is 885. The fourth-order valence-electron chi connectivity index (χ4n) is 2.73. The zero-order valence-corrected chi connectivity index (χ0v) is 14.0. The number of hydrogen-bond acceptors (Lipinski definition) is 5. The summed E-state index contributed by atoms with van der Waals surface area (Å²) in [4.78, 5) is 12.6. The molecule has 2 N–H and O–H groups in total. The Kier molecular flexibility index (Phi) is 4.37. The quantitative estimate of drug-likeness (QED) is 0.445. The third kappa shape index (κ3) is 3.29. The van der Waals surface area contributed by atoms with Crippen LogP contribution in [0.2, 0.25) is 0 Å². The number of aromatic nitrogens is 3. The monoisotopic (exact) mass is 339 g/mol. The van der Waals surface area contributed by atoms with Crippen LogP contribution in [0, 0.1) is 0 Å². The maximum Gasteiger partial charge on any atom is 0.159 e. The van der Waals surface area contributed by atoms with Crippen molar-refractivity contribution in [1.29, 1.82) is 0 Å². The first-order valence-electron chi connectivity index (χ1n) is 8.24. The van der Waals surface area contributed by atoms with Crippen LogP contribution in [-0.2, 0) is 0 Å². The van der Waals surface area contributed by atoms with Crippen molar-refractivity contribution in [3.63, 3.8) is 0 Å². The summed E-state index contributed by atoms with van der Waals surface area (Å²) in [5.41, 5.74) is 5.01. The largest absolute Gasteiger partial charge is 0.280 e. The lowest BCUT2D eigenvalue weighted by Gasteiger charge is -2.19. The van der Waals surface area contributed by atoms with Crippen LogP contribution in [0.15, 0.2) is 91.5 Å². The molecule has 26 heavy (non-hydrogen) atoms. The maximum atomic E-state index is 6.29. The second-order valence-electron chi connectivity index (χ2n) is 5.77. The van der Waals surface area contributed by atoms with E-state index in [1.165, 1.54) is 0 Å². The Morgan fingerprint density at radius 2 is 1.08 bits per heavy atom. The van der Waals surface area contributed by atoms with Crippen molar-refractivity contribution in [1.82, 2.24) is 15.0 Å². The van der Waals surface area contributed by atoms with Crippen LogP contribution >= 0.6 is 0 Å². The summed E-state index contributed by atoms with van der Waals surface area (Å²) in [5.74, 6) is 6.98. The van der Waals surface area contributed by atoms with Crippen LogP contribution in [-0.4, -0.2) is 15.0 Å². The van der Waals surface area contributed by atoms with Gasteiger partial charge in [0.1, 0.15) is 0 Å². The molecule has 0 aliphatic rings. The minimum Gasteiger partial charge on any atom is -0.280 e. The van der Waals surface area contributed by atoms with Crippen molar-refractivity contribution in [3.05, 3.63) is 91.5 Å². The Hall–Kier alpha value is -3.57. The highest BCUT2D eigenvalue weighted by atomic mass is 15.4. The standard InChI is InChI=1S/C21H17N5/c22-26(19-6-2-16(3-7-19)17-10-14-23-15-11-17)20-8-4-18(5-9-20)21-24-12-1-13-25-21/h1-15H,22H2. The highest BCUT2D eigenvalue weighted by Gasteiger charge is 2.07. The molecule has 0 unspecified atom stereocenters. The van der Waals surface area contributed by atoms with E-state index in [0.717, 1.165) is 28.1 Å².